The number of rotatable bonds is 27. The lowest BCUT2D eigenvalue weighted by atomic mass is 9.84. The average Bonchev–Trinajstić information content (AvgIpc) is 4.10. The van der Waals surface area contributed by atoms with E-state index < -0.39 is 18.2 Å². The van der Waals surface area contributed by atoms with Crippen LogP contribution in [0.15, 0.2) is 82.9 Å². The number of benzene rings is 3. The number of hydrogen-bond acceptors (Lipinski definition) is 14. The van der Waals surface area contributed by atoms with Gasteiger partial charge in [0.25, 0.3) is 5.91 Å². The highest BCUT2D eigenvalue weighted by molar-refractivity contribution is 9.10. The number of carbonyl (C=O) groups excluding carboxylic acids is 4. The number of unbranched alkanes of at least 4 members (excludes halogenated alkanes) is 2. The molecule has 3 aromatic carbocycles. The molecule has 75 heavy (non-hydrogen) atoms. The molecule has 2 aromatic heterocycles. The van der Waals surface area contributed by atoms with Crippen molar-refractivity contribution in [2.45, 2.75) is 110 Å². The SMILES string of the molecule is Cc1ncsc1-c1ccc(CNC(=O)[C@@H]2C[C@@H](O)CN2C(=O)[C@H](C(C)C)N2Cc3ccccc3C2=O)c(OCCCCOCCCCOc2ccc(Nc3ncc(Br)c(NCCCN(C)C(=O)C4CCC4)n3)cc2)c1. The zero-order valence-corrected chi connectivity index (χ0v) is 45.8. The van der Waals surface area contributed by atoms with E-state index in [0.717, 1.165) is 94.5 Å². The molecule has 4 heterocycles. The molecule has 0 unspecified atom stereocenters. The number of nitrogens with zero attached hydrogens (tertiary/aromatic N) is 6. The summed E-state index contributed by atoms with van der Waals surface area (Å²) < 4.78 is 19.1. The lowest BCUT2D eigenvalue weighted by molar-refractivity contribution is -0.143. The van der Waals surface area contributed by atoms with E-state index in [0.29, 0.717) is 69.1 Å². The Labute approximate surface area is 452 Å². The van der Waals surface area contributed by atoms with Gasteiger partial charge in [0.15, 0.2) is 0 Å². The summed E-state index contributed by atoms with van der Waals surface area (Å²) in [5.74, 6) is 1.88. The maximum absolute atomic E-state index is 14.3. The van der Waals surface area contributed by atoms with Crippen LogP contribution in [0.2, 0.25) is 0 Å². The maximum Gasteiger partial charge on any atom is 0.255 e. The molecule has 1 saturated carbocycles. The predicted molar refractivity (Wildman–Crippen MR) is 293 cm³/mol. The second kappa shape index (κ2) is 26.6. The fourth-order valence-corrected chi connectivity index (χ4v) is 10.7. The van der Waals surface area contributed by atoms with E-state index >= 15 is 0 Å². The van der Waals surface area contributed by atoms with Crippen LogP contribution >= 0.6 is 27.3 Å². The van der Waals surface area contributed by atoms with Crippen LogP contribution < -0.4 is 25.4 Å². The molecular weight excluding hydrogens is 1040 g/mol. The van der Waals surface area contributed by atoms with E-state index in [2.05, 4.69) is 46.8 Å². The second-order valence-electron chi connectivity index (χ2n) is 19.9. The Morgan fingerprint density at radius 1 is 0.947 bits per heavy atom. The Bertz CT molecular complexity index is 2740. The molecule has 1 saturated heterocycles. The Morgan fingerprint density at radius 3 is 2.40 bits per heavy atom. The van der Waals surface area contributed by atoms with E-state index in [-0.39, 0.29) is 55.0 Å². The lowest BCUT2D eigenvalue weighted by Gasteiger charge is -2.35. The molecule has 5 aromatic rings. The van der Waals surface area contributed by atoms with Crippen molar-refractivity contribution in [2.75, 3.05) is 63.7 Å². The molecule has 400 valence electrons. The number of likely N-dealkylation sites (tertiary alicyclic amines) is 1. The molecule has 17 nitrogen and oxygen atoms in total. The van der Waals surface area contributed by atoms with Gasteiger partial charge in [-0.1, -0.05) is 50.6 Å². The van der Waals surface area contributed by atoms with E-state index in [1.54, 1.807) is 28.5 Å². The number of ether oxygens (including phenoxy) is 3. The van der Waals surface area contributed by atoms with Crippen LogP contribution in [0.4, 0.5) is 17.5 Å². The van der Waals surface area contributed by atoms with E-state index in [4.69, 9.17) is 14.2 Å². The number of aryl methyl sites for hydroxylation is 1. The van der Waals surface area contributed by atoms with E-state index in [1.807, 2.05) is 98.9 Å². The molecule has 0 bridgehead atoms. The number of fused-ring (bicyclic) bond motifs is 1. The number of β-amino-alcohol motifs (C(OH)–C–C–N with tert-alkyl or cyclic N) is 1. The molecule has 1 aliphatic carbocycles. The summed E-state index contributed by atoms with van der Waals surface area (Å²) in [6, 6.07) is 19.3. The third-order valence-electron chi connectivity index (χ3n) is 14.0. The molecular formula is C56H70BrN9O8S. The van der Waals surface area contributed by atoms with Crippen molar-refractivity contribution < 1.29 is 38.5 Å². The molecule has 0 spiro atoms. The van der Waals surface area contributed by atoms with Crippen LogP contribution in [0.1, 0.15) is 98.8 Å². The minimum atomic E-state index is -0.894. The van der Waals surface area contributed by atoms with Crippen molar-refractivity contribution in [2.24, 2.45) is 11.8 Å². The van der Waals surface area contributed by atoms with Crippen LogP contribution in [0.5, 0.6) is 11.5 Å². The van der Waals surface area contributed by atoms with Crippen molar-refractivity contribution >= 4 is 68.3 Å². The number of aliphatic hydroxyl groups is 1. The number of aliphatic hydroxyl groups excluding tert-OH is 1. The lowest BCUT2D eigenvalue weighted by Crippen LogP contribution is -2.55. The molecule has 4 amide bonds. The molecule has 2 aliphatic heterocycles. The topological polar surface area (TPSA) is 201 Å². The molecule has 8 rings (SSSR count). The second-order valence-corrected chi connectivity index (χ2v) is 21.6. The van der Waals surface area contributed by atoms with Gasteiger partial charge in [-0.25, -0.2) is 9.97 Å². The summed E-state index contributed by atoms with van der Waals surface area (Å²) in [7, 11) is 1.88. The Balaban J connectivity index is 0.734. The molecule has 4 N–H and O–H groups in total. The van der Waals surface area contributed by atoms with Gasteiger partial charge in [0.1, 0.15) is 29.4 Å². The van der Waals surface area contributed by atoms with Gasteiger partial charge in [-0.3, -0.25) is 19.2 Å². The quantitative estimate of drug-likeness (QED) is 0.0364. The Morgan fingerprint density at radius 2 is 1.69 bits per heavy atom. The number of halogens is 1. The van der Waals surface area contributed by atoms with Crippen molar-refractivity contribution in [1.82, 2.24) is 35.0 Å². The first kappa shape index (κ1) is 55.1. The number of thiazole rings is 1. The fourth-order valence-electron chi connectivity index (χ4n) is 9.61. The van der Waals surface area contributed by atoms with Gasteiger partial charge < -0.3 is 50.0 Å². The Kier molecular flexibility index (Phi) is 19.5. The minimum Gasteiger partial charge on any atom is -0.494 e. The summed E-state index contributed by atoms with van der Waals surface area (Å²) in [6.45, 7) is 9.85. The molecule has 3 atom stereocenters. The van der Waals surface area contributed by atoms with Gasteiger partial charge in [-0.05, 0) is 121 Å². The van der Waals surface area contributed by atoms with Crippen LogP contribution in [0, 0.1) is 18.8 Å². The van der Waals surface area contributed by atoms with Gasteiger partial charge >= 0.3 is 0 Å². The highest BCUT2D eigenvalue weighted by Crippen LogP contribution is 2.34. The number of hydrogen-bond donors (Lipinski definition) is 4. The number of amides is 4. The first-order chi connectivity index (χ1) is 36.3. The van der Waals surface area contributed by atoms with Gasteiger partial charge in [-0.15, -0.1) is 11.3 Å². The van der Waals surface area contributed by atoms with Crippen LogP contribution in [-0.4, -0.2) is 130 Å². The standard InChI is InChI=1S/C56H70BrN9O8S/c1-36(2)49(66-33-41-13-5-6-16-45(41)54(66)70)55(71)65-34-43(67)30-47(65)52(68)59-31-40-18-17-39(50-37(3)61-35-75-50)29-48(40)74-28-10-8-26-72-25-7-9-27-73-44-21-19-42(20-22-44)62-56-60-32-46(57)51(63-56)58-23-12-24-64(4)53(69)38-14-11-15-38/h5-6,13,16-22,29,32,35-36,38,43,47,49,67H,7-12,14-15,23-28,30-31,33-34H2,1-4H3,(H,59,68)(H2,58,60,62,63)/t43-,47+,49+/m1/s1. The predicted octanol–water partition coefficient (Wildman–Crippen LogP) is 8.77. The highest BCUT2D eigenvalue weighted by Gasteiger charge is 2.46. The minimum absolute atomic E-state index is 0.0111. The zero-order chi connectivity index (χ0) is 52.8. The van der Waals surface area contributed by atoms with Crippen molar-refractivity contribution in [3.05, 3.63) is 105 Å². The normalized spacial score (nSPS) is 16.7. The van der Waals surface area contributed by atoms with Gasteiger partial charge in [0.2, 0.25) is 23.7 Å². The number of aromatic nitrogens is 3. The molecule has 3 aliphatic rings. The number of carbonyl (C=O) groups is 4. The smallest absolute Gasteiger partial charge is 0.255 e. The van der Waals surface area contributed by atoms with E-state index in [9.17, 15) is 24.3 Å². The third-order valence-corrected chi connectivity index (χ3v) is 15.6. The first-order valence-corrected chi connectivity index (χ1v) is 27.9. The van der Waals surface area contributed by atoms with Crippen molar-refractivity contribution in [3.63, 3.8) is 0 Å². The zero-order valence-electron chi connectivity index (χ0n) is 43.4. The summed E-state index contributed by atoms with van der Waals surface area (Å²) in [5, 5.41) is 20.4. The summed E-state index contributed by atoms with van der Waals surface area (Å²) in [6.07, 6.45) is 8.20. The molecule has 2 fully saturated rings. The maximum atomic E-state index is 14.3. The largest absolute Gasteiger partial charge is 0.494 e. The van der Waals surface area contributed by atoms with Crippen LogP contribution in [-0.2, 0) is 32.2 Å². The van der Waals surface area contributed by atoms with Gasteiger partial charge in [-0.2, -0.15) is 4.98 Å². The first-order valence-electron chi connectivity index (χ1n) is 26.2. The summed E-state index contributed by atoms with van der Waals surface area (Å²) in [4.78, 5) is 73.5. The van der Waals surface area contributed by atoms with Gasteiger partial charge in [0, 0.05) is 88.3 Å². The molecule has 19 heteroatoms. The summed E-state index contributed by atoms with van der Waals surface area (Å²) in [5.41, 5.74) is 6.77. The fraction of sp³-hybridized carbons (Fsp3) is 0.482. The molecule has 0 radical (unpaired) electrons. The monoisotopic (exact) mass is 1110 g/mol. The van der Waals surface area contributed by atoms with E-state index in [1.165, 1.54) is 4.90 Å². The third kappa shape index (κ3) is 14.4. The number of anilines is 3. The average molecular weight is 1110 g/mol. The van der Waals surface area contributed by atoms with Gasteiger partial charge in [0.05, 0.1) is 39.9 Å². The van der Waals surface area contributed by atoms with Crippen molar-refractivity contribution in [1.29, 1.82) is 0 Å². The summed E-state index contributed by atoms with van der Waals surface area (Å²) >= 11 is 5.09. The van der Waals surface area contributed by atoms with Crippen molar-refractivity contribution in [3.8, 4) is 21.9 Å². The number of nitrogens with one attached hydrogen (secondary N) is 3. The van der Waals surface area contributed by atoms with Crippen LogP contribution in [0.3, 0.4) is 0 Å². The Hall–Kier alpha value is -6.15. The highest BCUT2D eigenvalue weighted by atomic mass is 79.9. The van der Waals surface area contributed by atoms with Crippen LogP contribution in [0.25, 0.3) is 10.4 Å².